The molecule has 4 aliphatic rings. The van der Waals surface area contributed by atoms with E-state index in [1.807, 2.05) is 0 Å². The number of carbonyl (C=O) groups excluding carboxylic acids is 2. The fraction of sp³-hybridized carbons (Fsp3) is 0.920. The molecule has 0 N–H and O–H groups in total. The van der Waals surface area contributed by atoms with Crippen molar-refractivity contribution in [1.82, 2.24) is 0 Å². The van der Waals surface area contributed by atoms with Gasteiger partial charge in [-0.2, -0.15) is 0 Å². The Labute approximate surface area is 171 Å². The van der Waals surface area contributed by atoms with Crippen LogP contribution in [0, 0.1) is 40.4 Å². The third-order valence-electron chi connectivity index (χ3n) is 9.55. The first-order valence-electron chi connectivity index (χ1n) is 12.0. The molecule has 0 bridgehead atoms. The van der Waals surface area contributed by atoms with Crippen LogP contribution < -0.4 is 0 Å². The molecule has 4 rings (SSSR count). The molecule has 0 spiro atoms. The van der Waals surface area contributed by atoms with Crippen molar-refractivity contribution in [2.24, 2.45) is 40.4 Å². The summed E-state index contributed by atoms with van der Waals surface area (Å²) in [5.74, 6) is 3.94. The minimum atomic E-state index is -0.0203. The van der Waals surface area contributed by atoms with Gasteiger partial charge in [0.05, 0.1) is 0 Å². The van der Waals surface area contributed by atoms with E-state index in [-0.39, 0.29) is 17.5 Å². The van der Waals surface area contributed by atoms with Gasteiger partial charge in [0.1, 0.15) is 11.9 Å². The quantitative estimate of drug-likeness (QED) is 0.559. The van der Waals surface area contributed by atoms with Crippen LogP contribution >= 0.6 is 0 Å². The first kappa shape index (κ1) is 20.4. The van der Waals surface area contributed by atoms with Crippen molar-refractivity contribution >= 4 is 11.8 Å². The number of esters is 1. The standard InChI is InChI=1S/C25H40O3/c1-16(2)5-10-23(27)28-18-11-13-24(3)17(15-18)6-7-19-20-8-9-22(26)25(20,4)14-12-21(19)24/h16-21H,5-15H2,1-4H3/t17-,18-,19-,20+,21+,24-,25-/m0/s1. The Kier molecular flexibility index (Phi) is 5.42. The molecule has 0 radical (unpaired) electrons. The van der Waals surface area contributed by atoms with Gasteiger partial charge in [-0.15, -0.1) is 0 Å². The number of carbonyl (C=O) groups is 2. The van der Waals surface area contributed by atoms with Gasteiger partial charge in [-0.25, -0.2) is 0 Å². The molecule has 0 amide bonds. The van der Waals surface area contributed by atoms with Crippen LogP contribution in [0.5, 0.6) is 0 Å². The lowest BCUT2D eigenvalue weighted by Crippen LogP contribution is -2.54. The van der Waals surface area contributed by atoms with E-state index in [4.69, 9.17) is 4.74 Å². The molecule has 0 aromatic rings. The fourth-order valence-corrected chi connectivity index (χ4v) is 7.75. The largest absolute Gasteiger partial charge is 0.462 e. The Bertz CT molecular complexity index is 625. The van der Waals surface area contributed by atoms with Gasteiger partial charge >= 0.3 is 5.97 Å². The summed E-state index contributed by atoms with van der Waals surface area (Å²) in [5, 5.41) is 0. The fourth-order valence-electron chi connectivity index (χ4n) is 7.75. The van der Waals surface area contributed by atoms with E-state index < -0.39 is 0 Å². The van der Waals surface area contributed by atoms with Gasteiger partial charge in [0, 0.05) is 18.3 Å². The Morgan fingerprint density at radius 1 is 1.07 bits per heavy atom. The predicted octanol–water partition coefficient (Wildman–Crippen LogP) is 5.95. The smallest absolute Gasteiger partial charge is 0.306 e. The Morgan fingerprint density at radius 3 is 2.61 bits per heavy atom. The molecule has 0 saturated heterocycles. The Balaban J connectivity index is 1.41. The molecule has 4 saturated carbocycles. The maximum Gasteiger partial charge on any atom is 0.306 e. The lowest BCUT2D eigenvalue weighted by atomic mass is 9.45. The van der Waals surface area contributed by atoms with E-state index in [1.54, 1.807) is 0 Å². The van der Waals surface area contributed by atoms with Crippen LogP contribution in [0.1, 0.15) is 98.3 Å². The summed E-state index contributed by atoms with van der Waals surface area (Å²) in [6.07, 6.45) is 11.7. The van der Waals surface area contributed by atoms with Gasteiger partial charge in [-0.3, -0.25) is 9.59 Å². The lowest BCUT2D eigenvalue weighted by molar-refractivity contribution is -0.162. The second-order valence-corrected chi connectivity index (χ2v) is 11.4. The summed E-state index contributed by atoms with van der Waals surface area (Å²) in [5.41, 5.74) is 0.365. The van der Waals surface area contributed by atoms with Crippen LogP contribution in [-0.4, -0.2) is 17.9 Å². The van der Waals surface area contributed by atoms with E-state index in [0.717, 1.165) is 50.4 Å². The van der Waals surface area contributed by atoms with E-state index >= 15 is 0 Å². The molecular formula is C25H40O3. The molecule has 0 aromatic carbocycles. The van der Waals surface area contributed by atoms with Gasteiger partial charge in [0.2, 0.25) is 0 Å². The molecule has 0 unspecified atom stereocenters. The zero-order valence-corrected chi connectivity index (χ0v) is 18.5. The number of ketones is 1. The highest BCUT2D eigenvalue weighted by Crippen LogP contribution is 2.65. The van der Waals surface area contributed by atoms with Crippen LogP contribution in [0.25, 0.3) is 0 Å². The Morgan fingerprint density at radius 2 is 1.86 bits per heavy atom. The van der Waals surface area contributed by atoms with Crippen LogP contribution in [0.4, 0.5) is 0 Å². The second kappa shape index (κ2) is 7.43. The molecule has 4 fully saturated rings. The van der Waals surface area contributed by atoms with E-state index in [2.05, 4.69) is 27.7 Å². The van der Waals surface area contributed by atoms with Crippen molar-refractivity contribution in [2.45, 2.75) is 104 Å². The topological polar surface area (TPSA) is 43.4 Å². The maximum atomic E-state index is 12.6. The number of Topliss-reactive ketones (excluding diaryl/α,β-unsaturated/α-hetero) is 1. The van der Waals surface area contributed by atoms with Crippen molar-refractivity contribution in [3.8, 4) is 0 Å². The molecule has 0 heterocycles. The summed E-state index contributed by atoms with van der Waals surface area (Å²) in [6.45, 7) is 9.12. The highest BCUT2D eigenvalue weighted by Gasteiger charge is 2.60. The second-order valence-electron chi connectivity index (χ2n) is 11.4. The maximum absolute atomic E-state index is 12.6. The van der Waals surface area contributed by atoms with Crippen molar-refractivity contribution < 1.29 is 14.3 Å². The number of ether oxygens (including phenoxy) is 1. The number of fused-ring (bicyclic) bond motifs is 5. The molecule has 7 atom stereocenters. The molecular weight excluding hydrogens is 348 g/mol. The molecule has 3 nitrogen and oxygen atoms in total. The number of hydrogen-bond acceptors (Lipinski definition) is 3. The number of rotatable bonds is 4. The Hall–Kier alpha value is -0.860. The van der Waals surface area contributed by atoms with Crippen LogP contribution in [0.3, 0.4) is 0 Å². The first-order valence-corrected chi connectivity index (χ1v) is 12.0. The number of hydrogen-bond donors (Lipinski definition) is 0. The SMILES string of the molecule is CC(C)CCC(=O)O[C@H]1CC[C@@]2(C)[C@@H](CC[C@@H]3[C@H]2CC[C@]2(C)C(=O)CC[C@H]32)C1. The van der Waals surface area contributed by atoms with Gasteiger partial charge in [0.25, 0.3) is 0 Å². The van der Waals surface area contributed by atoms with Crippen molar-refractivity contribution in [1.29, 1.82) is 0 Å². The summed E-state index contributed by atoms with van der Waals surface area (Å²) in [7, 11) is 0. The summed E-state index contributed by atoms with van der Waals surface area (Å²) in [4.78, 5) is 24.8. The van der Waals surface area contributed by atoms with E-state index in [0.29, 0.717) is 35.4 Å². The van der Waals surface area contributed by atoms with Crippen molar-refractivity contribution in [3.05, 3.63) is 0 Å². The predicted molar refractivity (Wildman–Crippen MR) is 111 cm³/mol. The van der Waals surface area contributed by atoms with Gasteiger partial charge in [-0.05, 0) is 92.8 Å². The minimum Gasteiger partial charge on any atom is -0.462 e. The first-order chi connectivity index (χ1) is 13.2. The third-order valence-corrected chi connectivity index (χ3v) is 9.55. The molecule has 158 valence electrons. The highest BCUT2D eigenvalue weighted by atomic mass is 16.5. The summed E-state index contributed by atoms with van der Waals surface area (Å²) in [6, 6.07) is 0. The zero-order valence-electron chi connectivity index (χ0n) is 18.5. The van der Waals surface area contributed by atoms with Crippen LogP contribution in [0.2, 0.25) is 0 Å². The van der Waals surface area contributed by atoms with Gasteiger partial charge < -0.3 is 4.74 Å². The summed E-state index contributed by atoms with van der Waals surface area (Å²) >= 11 is 0. The van der Waals surface area contributed by atoms with Crippen LogP contribution in [0.15, 0.2) is 0 Å². The molecule has 0 aliphatic heterocycles. The molecule has 3 heteroatoms. The monoisotopic (exact) mass is 388 g/mol. The molecule has 4 aliphatic carbocycles. The van der Waals surface area contributed by atoms with Crippen molar-refractivity contribution in [2.75, 3.05) is 0 Å². The van der Waals surface area contributed by atoms with E-state index in [1.165, 1.54) is 25.7 Å². The highest BCUT2D eigenvalue weighted by molar-refractivity contribution is 5.87. The van der Waals surface area contributed by atoms with Crippen LogP contribution in [-0.2, 0) is 14.3 Å². The zero-order chi connectivity index (χ0) is 20.1. The average Bonchev–Trinajstić information content (AvgIpc) is 2.95. The minimum absolute atomic E-state index is 0.00823. The molecule has 28 heavy (non-hydrogen) atoms. The molecule has 0 aromatic heterocycles. The van der Waals surface area contributed by atoms with Gasteiger partial charge in [0.15, 0.2) is 0 Å². The van der Waals surface area contributed by atoms with E-state index in [9.17, 15) is 9.59 Å². The van der Waals surface area contributed by atoms with Gasteiger partial charge in [-0.1, -0.05) is 27.7 Å². The van der Waals surface area contributed by atoms with Crippen molar-refractivity contribution in [3.63, 3.8) is 0 Å². The summed E-state index contributed by atoms with van der Waals surface area (Å²) < 4.78 is 5.89. The normalized spacial score (nSPS) is 45.3. The lowest BCUT2D eigenvalue weighted by Gasteiger charge is -2.60. The third kappa shape index (κ3) is 3.35. The average molecular weight is 389 g/mol.